The molecule has 1 aromatic rings. The third-order valence-electron chi connectivity index (χ3n) is 2.50. The van der Waals surface area contributed by atoms with Crippen molar-refractivity contribution in [3.63, 3.8) is 0 Å². The highest BCUT2D eigenvalue weighted by Gasteiger charge is 2.19. The largest absolute Gasteiger partial charge is 0.483 e. The number of aryl methyl sites for hydroxylation is 1. The van der Waals surface area contributed by atoms with Gasteiger partial charge < -0.3 is 15.2 Å². The Bertz CT molecular complexity index is 450. The van der Waals surface area contributed by atoms with Crippen LogP contribution in [0.1, 0.15) is 12.5 Å². The summed E-state index contributed by atoms with van der Waals surface area (Å²) >= 11 is 0. The van der Waals surface area contributed by atoms with Gasteiger partial charge in [-0.3, -0.25) is 4.79 Å². The number of rotatable bonds is 7. The second kappa shape index (κ2) is 7.35. The van der Waals surface area contributed by atoms with E-state index in [9.17, 15) is 14.0 Å². The van der Waals surface area contributed by atoms with Crippen molar-refractivity contribution in [2.45, 2.75) is 19.4 Å². The zero-order chi connectivity index (χ0) is 14.3. The van der Waals surface area contributed by atoms with E-state index in [4.69, 9.17) is 9.84 Å². The van der Waals surface area contributed by atoms with Crippen LogP contribution < -0.4 is 10.1 Å². The topological polar surface area (TPSA) is 75.6 Å². The Labute approximate surface area is 110 Å². The number of carbonyl (C=O) groups excluding carboxylic acids is 1. The Morgan fingerprint density at radius 3 is 2.68 bits per heavy atom. The SMILES string of the molecule is CCc1ccccc1OCC(=O)NC(CF)C(=O)O. The first-order chi connectivity index (χ1) is 9.08. The zero-order valence-electron chi connectivity index (χ0n) is 10.6. The molecule has 0 heterocycles. The van der Waals surface area contributed by atoms with Crippen molar-refractivity contribution in [3.8, 4) is 5.75 Å². The van der Waals surface area contributed by atoms with Gasteiger partial charge in [0.1, 0.15) is 12.4 Å². The predicted molar refractivity (Wildman–Crippen MR) is 66.9 cm³/mol. The number of amides is 1. The van der Waals surface area contributed by atoms with Gasteiger partial charge in [0, 0.05) is 0 Å². The van der Waals surface area contributed by atoms with E-state index in [-0.39, 0.29) is 6.61 Å². The lowest BCUT2D eigenvalue weighted by molar-refractivity contribution is -0.142. The number of alkyl halides is 1. The van der Waals surface area contributed by atoms with Crippen molar-refractivity contribution < 1.29 is 23.8 Å². The second-order valence-electron chi connectivity index (χ2n) is 3.86. The van der Waals surface area contributed by atoms with Crippen LogP contribution >= 0.6 is 0 Å². The van der Waals surface area contributed by atoms with Crippen molar-refractivity contribution in [1.82, 2.24) is 5.32 Å². The molecule has 5 nitrogen and oxygen atoms in total. The van der Waals surface area contributed by atoms with E-state index >= 15 is 0 Å². The number of carboxylic acids is 1. The van der Waals surface area contributed by atoms with Gasteiger partial charge in [0.05, 0.1) is 0 Å². The number of ether oxygens (including phenoxy) is 1. The molecule has 0 bridgehead atoms. The van der Waals surface area contributed by atoms with Crippen molar-refractivity contribution in [1.29, 1.82) is 0 Å². The van der Waals surface area contributed by atoms with E-state index < -0.39 is 24.6 Å². The van der Waals surface area contributed by atoms with Crippen LogP contribution in [0.25, 0.3) is 0 Å². The fraction of sp³-hybridized carbons (Fsp3) is 0.385. The Morgan fingerprint density at radius 1 is 1.42 bits per heavy atom. The molecule has 2 N–H and O–H groups in total. The Balaban J connectivity index is 2.52. The van der Waals surface area contributed by atoms with Crippen molar-refractivity contribution in [2.75, 3.05) is 13.3 Å². The fourth-order valence-corrected chi connectivity index (χ4v) is 1.48. The molecule has 104 valence electrons. The van der Waals surface area contributed by atoms with E-state index in [1.807, 2.05) is 24.4 Å². The normalized spacial score (nSPS) is 11.7. The quantitative estimate of drug-likeness (QED) is 0.779. The molecular formula is C13H16FNO4. The van der Waals surface area contributed by atoms with Crippen LogP contribution in [-0.4, -0.2) is 36.3 Å². The molecule has 1 atom stereocenters. The van der Waals surface area contributed by atoms with Crippen LogP contribution in [0.3, 0.4) is 0 Å². The molecule has 0 fully saturated rings. The summed E-state index contributed by atoms with van der Waals surface area (Å²) in [4.78, 5) is 22.0. The second-order valence-corrected chi connectivity index (χ2v) is 3.86. The number of hydrogen-bond donors (Lipinski definition) is 2. The average Bonchev–Trinajstić information content (AvgIpc) is 2.42. The van der Waals surface area contributed by atoms with Gasteiger partial charge >= 0.3 is 5.97 Å². The molecule has 1 aromatic carbocycles. The summed E-state index contributed by atoms with van der Waals surface area (Å²) in [6.07, 6.45) is 0.750. The molecule has 0 radical (unpaired) electrons. The van der Waals surface area contributed by atoms with Crippen molar-refractivity contribution in [3.05, 3.63) is 29.8 Å². The van der Waals surface area contributed by atoms with Gasteiger partial charge in [-0.15, -0.1) is 0 Å². The molecule has 0 aliphatic carbocycles. The van der Waals surface area contributed by atoms with E-state index in [0.717, 1.165) is 12.0 Å². The highest BCUT2D eigenvalue weighted by Crippen LogP contribution is 2.17. The first-order valence-corrected chi connectivity index (χ1v) is 5.87. The third kappa shape index (κ3) is 4.57. The summed E-state index contributed by atoms with van der Waals surface area (Å²) in [5.41, 5.74) is 0.940. The predicted octanol–water partition coefficient (Wildman–Crippen LogP) is 1.17. The highest BCUT2D eigenvalue weighted by atomic mass is 19.1. The van der Waals surface area contributed by atoms with Gasteiger partial charge in [-0.2, -0.15) is 0 Å². The minimum absolute atomic E-state index is 0.346. The Kier molecular flexibility index (Phi) is 5.78. The maximum atomic E-state index is 12.3. The van der Waals surface area contributed by atoms with Crippen LogP contribution in [0, 0.1) is 0 Å². The summed E-state index contributed by atoms with van der Waals surface area (Å²) in [6, 6.07) is 5.69. The molecule has 0 aromatic heterocycles. The van der Waals surface area contributed by atoms with Crippen LogP contribution in [0.15, 0.2) is 24.3 Å². The van der Waals surface area contributed by atoms with E-state index in [1.165, 1.54) is 0 Å². The summed E-state index contributed by atoms with van der Waals surface area (Å²) in [7, 11) is 0. The summed E-state index contributed by atoms with van der Waals surface area (Å²) in [6.45, 7) is 0.444. The van der Waals surface area contributed by atoms with E-state index in [0.29, 0.717) is 5.75 Å². The van der Waals surface area contributed by atoms with E-state index in [1.54, 1.807) is 12.1 Å². The molecule has 1 rings (SSSR count). The maximum absolute atomic E-state index is 12.3. The van der Waals surface area contributed by atoms with Gasteiger partial charge in [-0.05, 0) is 18.1 Å². The minimum atomic E-state index is -1.53. The van der Waals surface area contributed by atoms with Crippen LogP contribution in [-0.2, 0) is 16.0 Å². The standard InChI is InChI=1S/C13H16FNO4/c1-2-9-5-3-4-6-11(9)19-8-12(16)15-10(7-14)13(17)18/h3-6,10H,2,7-8H2,1H3,(H,15,16)(H,17,18). The first-order valence-electron chi connectivity index (χ1n) is 5.87. The molecule has 0 spiro atoms. The molecular weight excluding hydrogens is 253 g/mol. The Morgan fingerprint density at radius 2 is 2.11 bits per heavy atom. The summed E-state index contributed by atoms with van der Waals surface area (Å²) in [5, 5.41) is 10.6. The van der Waals surface area contributed by atoms with Crippen molar-refractivity contribution >= 4 is 11.9 Å². The van der Waals surface area contributed by atoms with Crippen molar-refractivity contribution in [2.24, 2.45) is 0 Å². The summed E-state index contributed by atoms with van der Waals surface area (Å²) in [5.74, 6) is -1.52. The van der Waals surface area contributed by atoms with Gasteiger partial charge in [-0.1, -0.05) is 25.1 Å². The lowest BCUT2D eigenvalue weighted by Crippen LogP contribution is -2.44. The number of halogens is 1. The number of nitrogens with one attached hydrogen (secondary N) is 1. The zero-order valence-corrected chi connectivity index (χ0v) is 10.6. The van der Waals surface area contributed by atoms with Crippen LogP contribution in [0.5, 0.6) is 5.75 Å². The molecule has 19 heavy (non-hydrogen) atoms. The number of carboxylic acid groups (broad SMARTS) is 1. The summed E-state index contributed by atoms with van der Waals surface area (Å²) < 4.78 is 17.6. The molecule has 0 aliphatic rings. The number of hydrogen-bond acceptors (Lipinski definition) is 3. The fourth-order valence-electron chi connectivity index (χ4n) is 1.48. The van der Waals surface area contributed by atoms with E-state index in [2.05, 4.69) is 0 Å². The molecule has 0 saturated heterocycles. The monoisotopic (exact) mass is 269 g/mol. The van der Waals surface area contributed by atoms with Gasteiger partial charge in [0.2, 0.25) is 0 Å². The molecule has 1 amide bonds. The number of carbonyl (C=O) groups is 2. The van der Waals surface area contributed by atoms with Crippen LogP contribution in [0.2, 0.25) is 0 Å². The molecule has 0 saturated carbocycles. The van der Waals surface area contributed by atoms with Gasteiger partial charge in [0.25, 0.3) is 5.91 Å². The Hall–Kier alpha value is -2.11. The van der Waals surface area contributed by atoms with Crippen LogP contribution in [0.4, 0.5) is 4.39 Å². The number of para-hydroxylation sites is 1. The van der Waals surface area contributed by atoms with Gasteiger partial charge in [-0.25, -0.2) is 9.18 Å². The third-order valence-corrected chi connectivity index (χ3v) is 2.50. The number of aliphatic carboxylic acids is 1. The molecule has 0 aliphatic heterocycles. The maximum Gasteiger partial charge on any atom is 0.328 e. The van der Waals surface area contributed by atoms with Gasteiger partial charge in [0.15, 0.2) is 12.6 Å². The number of benzene rings is 1. The molecule has 6 heteroatoms. The smallest absolute Gasteiger partial charge is 0.328 e. The average molecular weight is 269 g/mol. The minimum Gasteiger partial charge on any atom is -0.483 e. The lowest BCUT2D eigenvalue weighted by Gasteiger charge is -2.13. The lowest BCUT2D eigenvalue weighted by atomic mass is 10.1. The molecule has 1 unspecified atom stereocenters. The first kappa shape index (κ1) is 14.9. The highest BCUT2D eigenvalue weighted by molar-refractivity contribution is 5.84.